The molecule has 0 heterocycles. The van der Waals surface area contributed by atoms with Crippen molar-refractivity contribution in [2.45, 2.75) is 20.3 Å². The van der Waals surface area contributed by atoms with Gasteiger partial charge in [-0.1, -0.05) is 6.58 Å². The molecule has 0 fully saturated rings. The average molecular weight is 215 g/mol. The van der Waals surface area contributed by atoms with Gasteiger partial charge in [-0.05, 0) is 20.3 Å². The molecule has 0 bridgehead atoms. The van der Waals surface area contributed by atoms with Gasteiger partial charge < -0.3 is 14.8 Å². The number of carbonyl (C=O) groups is 2. The minimum Gasteiger partial charge on any atom is -0.462 e. The summed E-state index contributed by atoms with van der Waals surface area (Å²) < 4.78 is 9.45. The van der Waals surface area contributed by atoms with Crippen molar-refractivity contribution in [2.24, 2.45) is 0 Å². The van der Waals surface area contributed by atoms with Crippen molar-refractivity contribution in [3.8, 4) is 0 Å². The largest absolute Gasteiger partial charge is 0.462 e. The maximum atomic E-state index is 10.9. The van der Waals surface area contributed by atoms with Crippen LogP contribution in [0.1, 0.15) is 20.3 Å². The van der Waals surface area contributed by atoms with Gasteiger partial charge in [0.05, 0.1) is 13.2 Å². The van der Waals surface area contributed by atoms with E-state index < -0.39 is 12.1 Å². The number of amides is 1. The summed E-state index contributed by atoms with van der Waals surface area (Å²) in [5, 5.41) is 2.51. The molecule has 0 radical (unpaired) electrons. The van der Waals surface area contributed by atoms with Gasteiger partial charge in [0.15, 0.2) is 0 Å². The number of hydrogen-bond acceptors (Lipinski definition) is 4. The lowest BCUT2D eigenvalue weighted by Gasteiger charge is -2.05. The first kappa shape index (κ1) is 13.5. The molecule has 5 heteroatoms. The molecule has 1 amide bonds. The van der Waals surface area contributed by atoms with Crippen molar-refractivity contribution < 1.29 is 19.1 Å². The molecule has 0 rings (SSSR count). The first-order chi connectivity index (χ1) is 7.07. The van der Waals surface area contributed by atoms with Gasteiger partial charge in [-0.15, -0.1) is 0 Å². The molecular formula is C10H17NO4. The molecule has 1 N–H and O–H groups in total. The van der Waals surface area contributed by atoms with E-state index in [9.17, 15) is 9.59 Å². The molecule has 0 saturated heterocycles. The lowest BCUT2D eigenvalue weighted by molar-refractivity contribution is -0.138. The van der Waals surface area contributed by atoms with Crippen LogP contribution < -0.4 is 5.32 Å². The minimum atomic E-state index is -0.455. The zero-order valence-corrected chi connectivity index (χ0v) is 9.17. The Hall–Kier alpha value is -1.52. The summed E-state index contributed by atoms with van der Waals surface area (Å²) in [6.45, 7) is 7.78. The topological polar surface area (TPSA) is 64.6 Å². The Labute approximate surface area is 89.4 Å². The molecule has 0 aliphatic rings. The molecule has 0 aromatic rings. The van der Waals surface area contributed by atoms with E-state index >= 15 is 0 Å². The van der Waals surface area contributed by atoms with E-state index in [-0.39, 0.29) is 6.61 Å². The molecule has 0 aromatic carbocycles. The molecule has 15 heavy (non-hydrogen) atoms. The monoisotopic (exact) mass is 215 g/mol. The highest BCUT2D eigenvalue weighted by Crippen LogP contribution is 1.92. The molecular weight excluding hydrogens is 198 g/mol. The van der Waals surface area contributed by atoms with Gasteiger partial charge in [0, 0.05) is 12.1 Å². The molecule has 0 spiro atoms. The molecule has 0 aliphatic carbocycles. The van der Waals surface area contributed by atoms with Crippen LogP contribution >= 0.6 is 0 Å². The first-order valence-corrected chi connectivity index (χ1v) is 4.81. The van der Waals surface area contributed by atoms with E-state index in [2.05, 4.69) is 16.6 Å². The van der Waals surface area contributed by atoms with Crippen molar-refractivity contribution >= 4 is 12.1 Å². The highest BCUT2D eigenvalue weighted by atomic mass is 16.5. The normalized spacial score (nSPS) is 9.20. The van der Waals surface area contributed by atoms with Gasteiger partial charge in [0.25, 0.3) is 0 Å². The second kappa shape index (κ2) is 7.84. The van der Waals surface area contributed by atoms with Gasteiger partial charge >= 0.3 is 12.1 Å². The number of esters is 1. The number of rotatable bonds is 6. The Morgan fingerprint density at radius 2 is 2.00 bits per heavy atom. The summed E-state index contributed by atoms with van der Waals surface area (Å²) in [5.74, 6) is -0.411. The lowest BCUT2D eigenvalue weighted by atomic mass is 10.3. The first-order valence-electron chi connectivity index (χ1n) is 4.81. The summed E-state index contributed by atoms with van der Waals surface area (Å²) >= 11 is 0. The lowest BCUT2D eigenvalue weighted by Crippen LogP contribution is -2.26. The fourth-order valence-corrected chi connectivity index (χ4v) is 0.733. The Kier molecular flexibility index (Phi) is 7.05. The third-order valence-corrected chi connectivity index (χ3v) is 1.45. The third kappa shape index (κ3) is 7.54. The molecule has 0 atom stereocenters. The molecule has 0 aliphatic heterocycles. The van der Waals surface area contributed by atoms with Crippen LogP contribution in [-0.4, -0.2) is 31.8 Å². The standard InChI is InChI=1S/C10H17NO4/c1-4-14-10(13)11-6-5-7-15-9(12)8(2)3/h2,4-7H2,1,3H3,(H,11,13). The van der Waals surface area contributed by atoms with Crippen molar-refractivity contribution in [1.29, 1.82) is 0 Å². The van der Waals surface area contributed by atoms with Crippen LogP contribution in [0, 0.1) is 0 Å². The molecule has 0 saturated carbocycles. The maximum Gasteiger partial charge on any atom is 0.407 e. The number of hydrogen-bond donors (Lipinski definition) is 1. The predicted octanol–water partition coefficient (Wildman–Crippen LogP) is 1.24. The zero-order chi connectivity index (χ0) is 11.7. The van der Waals surface area contributed by atoms with E-state index in [4.69, 9.17) is 4.74 Å². The SMILES string of the molecule is C=C(C)C(=O)OCCCNC(=O)OCC. The summed E-state index contributed by atoms with van der Waals surface area (Å²) in [7, 11) is 0. The van der Waals surface area contributed by atoms with Crippen molar-refractivity contribution in [3.05, 3.63) is 12.2 Å². The number of alkyl carbamates (subject to hydrolysis) is 1. The predicted molar refractivity (Wildman–Crippen MR) is 55.4 cm³/mol. The molecule has 0 unspecified atom stereocenters. The van der Waals surface area contributed by atoms with Gasteiger partial charge in [-0.3, -0.25) is 0 Å². The van der Waals surface area contributed by atoms with E-state index in [0.717, 1.165) is 0 Å². The second-order valence-electron chi connectivity index (χ2n) is 2.92. The second-order valence-corrected chi connectivity index (χ2v) is 2.92. The smallest absolute Gasteiger partial charge is 0.407 e. The minimum absolute atomic E-state index is 0.262. The molecule has 5 nitrogen and oxygen atoms in total. The number of nitrogens with one attached hydrogen (secondary N) is 1. The van der Waals surface area contributed by atoms with E-state index in [1.807, 2.05) is 0 Å². The van der Waals surface area contributed by atoms with Crippen LogP contribution in [0.3, 0.4) is 0 Å². The zero-order valence-electron chi connectivity index (χ0n) is 9.17. The van der Waals surface area contributed by atoms with Gasteiger partial charge in [-0.25, -0.2) is 9.59 Å². The van der Waals surface area contributed by atoms with Crippen LogP contribution in [0.5, 0.6) is 0 Å². The van der Waals surface area contributed by atoms with Gasteiger partial charge in [0.1, 0.15) is 0 Å². The van der Waals surface area contributed by atoms with Crippen molar-refractivity contribution in [1.82, 2.24) is 5.32 Å². The summed E-state index contributed by atoms with van der Waals surface area (Å²) in [6.07, 6.45) is 0.0985. The summed E-state index contributed by atoms with van der Waals surface area (Å²) in [4.78, 5) is 21.7. The van der Waals surface area contributed by atoms with Crippen LogP contribution in [0.25, 0.3) is 0 Å². The van der Waals surface area contributed by atoms with Gasteiger partial charge in [0.2, 0.25) is 0 Å². The third-order valence-electron chi connectivity index (χ3n) is 1.45. The van der Waals surface area contributed by atoms with E-state index in [0.29, 0.717) is 25.1 Å². The fourth-order valence-electron chi connectivity index (χ4n) is 0.733. The molecule has 86 valence electrons. The van der Waals surface area contributed by atoms with Crippen molar-refractivity contribution in [3.63, 3.8) is 0 Å². The van der Waals surface area contributed by atoms with E-state index in [1.54, 1.807) is 13.8 Å². The Bertz CT molecular complexity index is 238. The van der Waals surface area contributed by atoms with Gasteiger partial charge in [-0.2, -0.15) is 0 Å². The average Bonchev–Trinajstić information content (AvgIpc) is 2.17. The number of ether oxygens (including phenoxy) is 2. The molecule has 0 aromatic heterocycles. The quantitative estimate of drug-likeness (QED) is 0.411. The highest BCUT2D eigenvalue weighted by molar-refractivity contribution is 5.86. The Balaban J connectivity index is 3.36. The Morgan fingerprint density at radius 1 is 1.33 bits per heavy atom. The van der Waals surface area contributed by atoms with Crippen LogP contribution in [0.2, 0.25) is 0 Å². The summed E-state index contributed by atoms with van der Waals surface area (Å²) in [6, 6.07) is 0. The Morgan fingerprint density at radius 3 is 2.53 bits per heavy atom. The van der Waals surface area contributed by atoms with Crippen LogP contribution in [0.4, 0.5) is 4.79 Å². The van der Waals surface area contributed by atoms with Crippen LogP contribution in [-0.2, 0) is 14.3 Å². The number of carbonyl (C=O) groups excluding carboxylic acids is 2. The maximum absolute atomic E-state index is 10.9. The van der Waals surface area contributed by atoms with Crippen LogP contribution in [0.15, 0.2) is 12.2 Å². The van der Waals surface area contributed by atoms with Crippen molar-refractivity contribution in [2.75, 3.05) is 19.8 Å². The van der Waals surface area contributed by atoms with E-state index in [1.165, 1.54) is 0 Å². The fraction of sp³-hybridized carbons (Fsp3) is 0.600. The summed E-state index contributed by atoms with van der Waals surface area (Å²) in [5.41, 5.74) is 0.369. The highest BCUT2D eigenvalue weighted by Gasteiger charge is 2.02.